The highest BCUT2D eigenvalue weighted by molar-refractivity contribution is 9.10. The molecule has 88 valence electrons. The van der Waals surface area contributed by atoms with Crippen molar-refractivity contribution >= 4 is 33.5 Å². The summed E-state index contributed by atoms with van der Waals surface area (Å²) in [6, 6.07) is 7.83. The Hall–Kier alpha value is -1.40. The molecular formula is C11H11BrN4S. The van der Waals surface area contributed by atoms with Gasteiger partial charge in [0.1, 0.15) is 0 Å². The number of aryl methyl sites for hydroxylation is 1. The minimum Gasteiger partial charge on any atom is -0.337 e. The molecule has 4 nitrogen and oxygen atoms in total. The average Bonchev–Trinajstić information content (AvgIpc) is 2.64. The first kappa shape index (κ1) is 12.1. The lowest BCUT2D eigenvalue weighted by Gasteiger charge is -1.93. The van der Waals surface area contributed by atoms with Gasteiger partial charge in [-0.1, -0.05) is 28.1 Å². The summed E-state index contributed by atoms with van der Waals surface area (Å²) in [4.78, 5) is 0.677. The van der Waals surface area contributed by atoms with E-state index >= 15 is 0 Å². The highest BCUT2D eigenvalue weighted by atomic mass is 79.9. The second-order valence-corrected chi connectivity index (χ2v) is 5.18. The van der Waals surface area contributed by atoms with Crippen LogP contribution in [0.1, 0.15) is 11.3 Å². The topological polar surface area (TPSA) is 55.7 Å². The molecule has 0 aliphatic rings. The van der Waals surface area contributed by atoms with Crippen LogP contribution in [0.3, 0.4) is 0 Å². The van der Waals surface area contributed by atoms with E-state index in [0.29, 0.717) is 4.80 Å². The van der Waals surface area contributed by atoms with Crippen molar-refractivity contribution in [2.75, 3.05) is 5.84 Å². The first-order valence-corrected chi connectivity index (χ1v) is 6.59. The summed E-state index contributed by atoms with van der Waals surface area (Å²) in [5.41, 5.74) is 1.96. The zero-order valence-electron chi connectivity index (χ0n) is 9.17. The largest absolute Gasteiger partial charge is 0.337 e. The minimum atomic E-state index is 0.677. The zero-order chi connectivity index (χ0) is 12.3. The van der Waals surface area contributed by atoms with Crippen molar-refractivity contribution in [2.45, 2.75) is 6.92 Å². The molecule has 0 fully saturated rings. The molecule has 0 aliphatic heterocycles. The maximum atomic E-state index is 5.76. The Morgan fingerprint density at radius 1 is 1.35 bits per heavy atom. The van der Waals surface area contributed by atoms with Gasteiger partial charge >= 0.3 is 0 Å². The van der Waals surface area contributed by atoms with E-state index in [1.54, 1.807) is 6.21 Å². The van der Waals surface area contributed by atoms with E-state index in [4.69, 9.17) is 5.84 Å². The number of rotatable bonds is 2. The third-order valence-corrected chi connectivity index (χ3v) is 3.62. The molecule has 0 saturated heterocycles. The molecule has 1 aromatic carbocycles. The Kier molecular flexibility index (Phi) is 3.75. The Morgan fingerprint density at radius 3 is 2.65 bits per heavy atom. The van der Waals surface area contributed by atoms with E-state index in [2.05, 4.69) is 26.1 Å². The predicted molar refractivity (Wildman–Crippen MR) is 74.5 cm³/mol. The number of aromatic nitrogens is 1. The highest BCUT2D eigenvalue weighted by Gasteiger charge is 1.94. The number of hydrogen-bond donors (Lipinski definition) is 1. The fraction of sp³-hybridized carbons (Fsp3) is 0.0909. The normalized spacial score (nSPS) is 12.5. The molecule has 2 N–H and O–H groups in total. The number of benzene rings is 1. The molecule has 0 bridgehead atoms. The molecule has 0 amide bonds. The van der Waals surface area contributed by atoms with Gasteiger partial charge in [0, 0.05) is 15.5 Å². The van der Waals surface area contributed by atoms with Gasteiger partial charge in [-0.2, -0.15) is 5.10 Å². The van der Waals surface area contributed by atoms with Crippen molar-refractivity contribution in [2.24, 2.45) is 10.2 Å². The van der Waals surface area contributed by atoms with Crippen molar-refractivity contribution in [3.8, 4) is 0 Å². The van der Waals surface area contributed by atoms with Gasteiger partial charge in [-0.15, -0.1) is 16.4 Å². The number of thiazole rings is 1. The van der Waals surface area contributed by atoms with Crippen LogP contribution >= 0.6 is 27.3 Å². The molecule has 0 atom stereocenters. The molecule has 0 aliphatic carbocycles. The summed E-state index contributed by atoms with van der Waals surface area (Å²) >= 11 is 4.84. The van der Waals surface area contributed by atoms with Gasteiger partial charge in [-0.3, -0.25) is 0 Å². The Morgan fingerprint density at radius 2 is 2.06 bits per heavy atom. The van der Waals surface area contributed by atoms with E-state index in [1.807, 2.05) is 36.6 Å². The van der Waals surface area contributed by atoms with Crippen LogP contribution in [0, 0.1) is 6.92 Å². The molecule has 2 aromatic rings. The van der Waals surface area contributed by atoms with Crippen molar-refractivity contribution in [3.05, 3.63) is 50.2 Å². The van der Waals surface area contributed by atoms with Crippen LogP contribution in [0.4, 0.5) is 0 Å². The summed E-state index contributed by atoms with van der Waals surface area (Å²) < 4.78 is 2.56. The summed E-state index contributed by atoms with van der Waals surface area (Å²) in [5.74, 6) is 5.76. The Balaban J connectivity index is 2.20. The number of hydrogen-bond acceptors (Lipinski definition) is 4. The molecule has 0 radical (unpaired) electrons. The van der Waals surface area contributed by atoms with Crippen molar-refractivity contribution in [1.29, 1.82) is 0 Å². The predicted octanol–water partition coefficient (Wildman–Crippen LogP) is 2.27. The van der Waals surface area contributed by atoms with Gasteiger partial charge in [0.15, 0.2) is 0 Å². The second-order valence-electron chi connectivity index (χ2n) is 3.43. The molecular weight excluding hydrogens is 300 g/mol. The smallest absolute Gasteiger partial charge is 0.229 e. The lowest BCUT2D eigenvalue weighted by atomic mass is 10.2. The van der Waals surface area contributed by atoms with E-state index in [1.165, 1.54) is 16.0 Å². The van der Waals surface area contributed by atoms with Crippen LogP contribution in [-0.4, -0.2) is 10.9 Å². The standard InChI is InChI=1S/C11H11BrN4S/c1-8-7-17-11(16(8)13)15-14-6-9-2-4-10(12)5-3-9/h2-7H,13H2,1H3/b14-6+,15-11-. The Labute approximate surface area is 111 Å². The van der Waals surface area contributed by atoms with E-state index < -0.39 is 0 Å². The lowest BCUT2D eigenvalue weighted by molar-refractivity contribution is 0.884. The fourth-order valence-corrected chi connectivity index (χ4v) is 2.17. The molecule has 0 saturated carbocycles. The third kappa shape index (κ3) is 3.04. The summed E-state index contributed by atoms with van der Waals surface area (Å²) in [7, 11) is 0. The van der Waals surface area contributed by atoms with Gasteiger partial charge in [0.25, 0.3) is 0 Å². The highest BCUT2D eigenvalue weighted by Crippen LogP contribution is 2.08. The average molecular weight is 311 g/mol. The quantitative estimate of drug-likeness (QED) is 0.516. The maximum absolute atomic E-state index is 5.76. The van der Waals surface area contributed by atoms with Gasteiger partial charge < -0.3 is 5.84 Å². The summed E-state index contributed by atoms with van der Waals surface area (Å²) in [6.45, 7) is 1.92. The van der Waals surface area contributed by atoms with E-state index in [0.717, 1.165) is 15.7 Å². The number of nitrogens with zero attached hydrogens (tertiary/aromatic N) is 3. The van der Waals surface area contributed by atoms with Crippen molar-refractivity contribution < 1.29 is 0 Å². The van der Waals surface area contributed by atoms with Crippen molar-refractivity contribution in [1.82, 2.24) is 4.68 Å². The van der Waals surface area contributed by atoms with Crippen LogP contribution in [0.15, 0.2) is 44.3 Å². The SMILES string of the molecule is Cc1cs/c(=N\N=C\c2ccc(Br)cc2)n1N. The Bertz CT molecular complexity index is 595. The van der Waals surface area contributed by atoms with Gasteiger partial charge in [0.2, 0.25) is 4.80 Å². The molecule has 6 heteroatoms. The summed E-state index contributed by atoms with van der Waals surface area (Å²) in [6.07, 6.45) is 1.70. The first-order valence-electron chi connectivity index (χ1n) is 4.91. The van der Waals surface area contributed by atoms with Crippen LogP contribution in [0.2, 0.25) is 0 Å². The second kappa shape index (κ2) is 5.29. The van der Waals surface area contributed by atoms with Crippen LogP contribution in [-0.2, 0) is 0 Å². The zero-order valence-corrected chi connectivity index (χ0v) is 11.6. The van der Waals surface area contributed by atoms with Crippen LogP contribution in [0.5, 0.6) is 0 Å². The van der Waals surface area contributed by atoms with Crippen LogP contribution in [0.25, 0.3) is 0 Å². The molecule has 2 rings (SSSR count). The minimum absolute atomic E-state index is 0.677. The molecule has 0 unspecified atom stereocenters. The van der Waals surface area contributed by atoms with Gasteiger partial charge in [-0.25, -0.2) is 4.68 Å². The van der Waals surface area contributed by atoms with Crippen LogP contribution < -0.4 is 10.6 Å². The summed E-state index contributed by atoms with van der Waals surface area (Å²) in [5, 5.41) is 10.0. The van der Waals surface area contributed by atoms with Gasteiger partial charge in [-0.05, 0) is 24.6 Å². The molecule has 0 spiro atoms. The van der Waals surface area contributed by atoms with Crippen molar-refractivity contribution in [3.63, 3.8) is 0 Å². The van der Waals surface area contributed by atoms with Gasteiger partial charge in [0.05, 0.1) is 6.21 Å². The number of nitrogen functional groups attached to an aromatic ring is 1. The van der Waals surface area contributed by atoms with E-state index in [9.17, 15) is 0 Å². The maximum Gasteiger partial charge on any atom is 0.229 e. The first-order chi connectivity index (χ1) is 8.16. The third-order valence-electron chi connectivity index (χ3n) is 2.14. The number of halogens is 1. The van der Waals surface area contributed by atoms with E-state index in [-0.39, 0.29) is 0 Å². The number of nitrogens with two attached hydrogens (primary N) is 1. The molecule has 17 heavy (non-hydrogen) atoms. The molecule has 1 heterocycles. The molecule has 1 aromatic heterocycles. The monoisotopic (exact) mass is 310 g/mol. The lowest BCUT2D eigenvalue weighted by Crippen LogP contribution is -2.23. The fourth-order valence-electron chi connectivity index (χ4n) is 1.17.